The summed E-state index contributed by atoms with van der Waals surface area (Å²) in [5.74, 6) is 0. The standard InChI is InChI=1S/C29H23N3O2/c33-28(34)31-26-18-16-22(17-19-26)27-20-32(21-30-27)29(23-10-4-1-5-11-23,24-12-6-2-7-13-24)25-14-8-3-9-15-25/h1-21,31H,(H,33,34). The molecule has 0 saturated heterocycles. The molecule has 1 amide bonds. The molecule has 5 rings (SSSR count). The lowest BCUT2D eigenvalue weighted by Gasteiger charge is -2.37. The predicted molar refractivity (Wildman–Crippen MR) is 134 cm³/mol. The van der Waals surface area contributed by atoms with E-state index >= 15 is 0 Å². The first-order valence-electron chi connectivity index (χ1n) is 11.0. The highest BCUT2D eigenvalue weighted by Gasteiger charge is 2.38. The van der Waals surface area contributed by atoms with Gasteiger partial charge in [-0.1, -0.05) is 103 Å². The van der Waals surface area contributed by atoms with E-state index in [0.717, 1.165) is 27.9 Å². The van der Waals surface area contributed by atoms with Crippen LogP contribution in [0.2, 0.25) is 0 Å². The normalized spacial score (nSPS) is 11.2. The van der Waals surface area contributed by atoms with Gasteiger partial charge in [-0.15, -0.1) is 0 Å². The Hall–Kier alpha value is -4.64. The number of anilines is 1. The van der Waals surface area contributed by atoms with E-state index < -0.39 is 11.6 Å². The summed E-state index contributed by atoms with van der Waals surface area (Å²) in [5, 5.41) is 11.3. The smallest absolute Gasteiger partial charge is 0.409 e. The fourth-order valence-corrected chi connectivity index (χ4v) is 4.49. The van der Waals surface area contributed by atoms with Crippen molar-refractivity contribution in [3.63, 3.8) is 0 Å². The molecule has 0 spiro atoms. The molecule has 166 valence electrons. The van der Waals surface area contributed by atoms with Crippen molar-refractivity contribution in [1.29, 1.82) is 0 Å². The van der Waals surface area contributed by atoms with Gasteiger partial charge in [0.05, 0.1) is 12.0 Å². The van der Waals surface area contributed by atoms with E-state index in [2.05, 4.69) is 82.7 Å². The second-order valence-corrected chi connectivity index (χ2v) is 7.98. The number of benzene rings is 4. The number of rotatable bonds is 6. The summed E-state index contributed by atoms with van der Waals surface area (Å²) in [6.45, 7) is 0. The largest absolute Gasteiger partial charge is 0.465 e. The molecule has 5 nitrogen and oxygen atoms in total. The molecule has 0 aliphatic heterocycles. The highest BCUT2D eigenvalue weighted by molar-refractivity contribution is 5.83. The first kappa shape index (κ1) is 21.2. The topological polar surface area (TPSA) is 67.2 Å². The number of carbonyl (C=O) groups is 1. The molecule has 0 saturated carbocycles. The molecule has 4 aromatic carbocycles. The van der Waals surface area contributed by atoms with Crippen molar-refractivity contribution in [2.24, 2.45) is 0 Å². The van der Waals surface area contributed by atoms with Crippen molar-refractivity contribution in [1.82, 2.24) is 9.55 Å². The molecular weight excluding hydrogens is 422 g/mol. The number of hydrogen-bond acceptors (Lipinski definition) is 2. The Labute approximate surface area is 198 Å². The second-order valence-electron chi connectivity index (χ2n) is 7.98. The fraction of sp³-hybridized carbons (Fsp3) is 0.0345. The molecule has 0 aliphatic rings. The third kappa shape index (κ3) is 3.84. The number of nitrogens with one attached hydrogen (secondary N) is 1. The van der Waals surface area contributed by atoms with Crippen LogP contribution in [-0.4, -0.2) is 20.8 Å². The minimum Gasteiger partial charge on any atom is -0.465 e. The van der Waals surface area contributed by atoms with E-state index in [9.17, 15) is 4.79 Å². The molecule has 0 aliphatic carbocycles. The van der Waals surface area contributed by atoms with Crippen molar-refractivity contribution in [2.45, 2.75) is 5.54 Å². The Morgan fingerprint density at radius 3 is 1.62 bits per heavy atom. The molecule has 5 aromatic rings. The highest BCUT2D eigenvalue weighted by Crippen LogP contribution is 2.41. The van der Waals surface area contributed by atoms with Crippen molar-refractivity contribution >= 4 is 11.8 Å². The van der Waals surface area contributed by atoms with Crippen LogP contribution in [0, 0.1) is 0 Å². The fourth-order valence-electron chi connectivity index (χ4n) is 4.49. The molecule has 2 N–H and O–H groups in total. The minimum absolute atomic E-state index is 0.517. The first-order valence-corrected chi connectivity index (χ1v) is 11.0. The molecule has 0 radical (unpaired) electrons. The molecule has 5 heteroatoms. The molecule has 0 bridgehead atoms. The highest BCUT2D eigenvalue weighted by atomic mass is 16.4. The van der Waals surface area contributed by atoms with Crippen molar-refractivity contribution in [2.75, 3.05) is 5.32 Å². The number of nitrogens with zero attached hydrogens (tertiary/aromatic N) is 2. The van der Waals surface area contributed by atoms with E-state index in [4.69, 9.17) is 10.1 Å². The number of amides is 1. The van der Waals surface area contributed by atoms with Gasteiger partial charge in [0.15, 0.2) is 0 Å². The van der Waals surface area contributed by atoms with Crippen LogP contribution in [0.5, 0.6) is 0 Å². The van der Waals surface area contributed by atoms with Gasteiger partial charge in [0.1, 0.15) is 5.54 Å². The Kier molecular flexibility index (Phi) is 5.67. The third-order valence-corrected chi connectivity index (χ3v) is 5.98. The Bertz CT molecular complexity index is 1280. The number of hydrogen-bond donors (Lipinski definition) is 2. The van der Waals surface area contributed by atoms with Crippen molar-refractivity contribution in [3.8, 4) is 11.3 Å². The van der Waals surface area contributed by atoms with Gasteiger partial charge in [-0.2, -0.15) is 0 Å². The molecule has 0 unspecified atom stereocenters. The molecule has 0 atom stereocenters. The zero-order chi connectivity index (χ0) is 23.4. The summed E-state index contributed by atoms with van der Waals surface area (Å²) in [5.41, 5.74) is 4.96. The molecule has 1 heterocycles. The van der Waals surface area contributed by atoms with Crippen LogP contribution in [0.15, 0.2) is 128 Å². The average molecular weight is 446 g/mol. The summed E-state index contributed by atoms with van der Waals surface area (Å²) in [6.07, 6.45) is 2.83. The lowest BCUT2D eigenvalue weighted by molar-refractivity contribution is 0.210. The monoisotopic (exact) mass is 445 g/mol. The van der Waals surface area contributed by atoms with Gasteiger partial charge in [-0.25, -0.2) is 9.78 Å². The van der Waals surface area contributed by atoms with E-state index in [1.165, 1.54) is 0 Å². The van der Waals surface area contributed by atoms with Crippen LogP contribution < -0.4 is 5.32 Å². The van der Waals surface area contributed by atoms with Crippen LogP contribution in [-0.2, 0) is 5.54 Å². The summed E-state index contributed by atoms with van der Waals surface area (Å²) in [6, 6.07) is 38.5. The van der Waals surface area contributed by atoms with Gasteiger partial charge in [-0.3, -0.25) is 5.32 Å². The maximum atomic E-state index is 10.9. The third-order valence-electron chi connectivity index (χ3n) is 5.98. The quantitative estimate of drug-likeness (QED) is 0.294. The van der Waals surface area contributed by atoms with Crippen LogP contribution in [0.4, 0.5) is 10.5 Å². The van der Waals surface area contributed by atoms with Crippen LogP contribution in [0.25, 0.3) is 11.3 Å². The van der Waals surface area contributed by atoms with Gasteiger partial charge in [-0.05, 0) is 28.8 Å². The van der Waals surface area contributed by atoms with Gasteiger partial charge < -0.3 is 9.67 Å². The molecule has 0 fully saturated rings. The second kappa shape index (κ2) is 9.08. The Morgan fingerprint density at radius 2 is 1.18 bits per heavy atom. The summed E-state index contributed by atoms with van der Waals surface area (Å²) in [4.78, 5) is 15.7. The molecule has 1 aromatic heterocycles. The van der Waals surface area contributed by atoms with Gasteiger partial charge >= 0.3 is 6.09 Å². The van der Waals surface area contributed by atoms with E-state index in [1.807, 2.05) is 42.9 Å². The summed E-state index contributed by atoms with van der Waals surface area (Å²) < 4.78 is 2.16. The van der Waals surface area contributed by atoms with Crippen molar-refractivity contribution < 1.29 is 9.90 Å². The zero-order valence-electron chi connectivity index (χ0n) is 18.4. The number of imidazole rings is 1. The lowest BCUT2D eigenvalue weighted by atomic mass is 9.77. The predicted octanol–water partition coefficient (Wildman–Crippen LogP) is 6.48. The maximum absolute atomic E-state index is 10.9. The number of carboxylic acid groups (broad SMARTS) is 1. The maximum Gasteiger partial charge on any atom is 0.409 e. The van der Waals surface area contributed by atoms with E-state index in [0.29, 0.717) is 5.69 Å². The van der Waals surface area contributed by atoms with Gasteiger partial charge in [0.2, 0.25) is 0 Å². The van der Waals surface area contributed by atoms with E-state index in [1.54, 1.807) is 12.1 Å². The SMILES string of the molecule is O=C(O)Nc1ccc(-c2cn(C(c3ccccc3)(c3ccccc3)c3ccccc3)cn2)cc1. The summed E-state index contributed by atoms with van der Waals surface area (Å²) in [7, 11) is 0. The van der Waals surface area contributed by atoms with Crippen LogP contribution >= 0.6 is 0 Å². The van der Waals surface area contributed by atoms with Gasteiger partial charge in [0.25, 0.3) is 0 Å². The molecular formula is C29H23N3O2. The molecule has 34 heavy (non-hydrogen) atoms. The minimum atomic E-state index is -1.09. The average Bonchev–Trinajstić information content (AvgIpc) is 3.37. The zero-order valence-corrected chi connectivity index (χ0v) is 18.4. The van der Waals surface area contributed by atoms with Gasteiger partial charge in [0, 0.05) is 17.4 Å². The Morgan fingerprint density at radius 1 is 0.706 bits per heavy atom. The lowest BCUT2D eigenvalue weighted by Crippen LogP contribution is -2.36. The van der Waals surface area contributed by atoms with Crippen LogP contribution in [0.1, 0.15) is 16.7 Å². The number of aromatic nitrogens is 2. The van der Waals surface area contributed by atoms with Crippen LogP contribution in [0.3, 0.4) is 0 Å². The van der Waals surface area contributed by atoms with E-state index in [-0.39, 0.29) is 0 Å². The summed E-state index contributed by atoms with van der Waals surface area (Å²) >= 11 is 0. The first-order chi connectivity index (χ1) is 16.7. The van der Waals surface area contributed by atoms with Crippen molar-refractivity contribution in [3.05, 3.63) is 144 Å². The Balaban J connectivity index is 1.70.